The van der Waals surface area contributed by atoms with E-state index in [9.17, 15) is 4.79 Å². The van der Waals surface area contributed by atoms with Gasteiger partial charge in [-0.05, 0) is 76.5 Å². The van der Waals surface area contributed by atoms with E-state index in [1.807, 2.05) is 10.6 Å². The zero-order valence-electron chi connectivity index (χ0n) is 18.1. The Kier molecular flexibility index (Phi) is 7.13. The number of aromatic amines is 1. The molecule has 0 bridgehead atoms. The zero-order chi connectivity index (χ0) is 19.7. The average molecular weight is 422 g/mol. The van der Waals surface area contributed by atoms with Gasteiger partial charge in [0.05, 0.1) is 17.1 Å². The number of imidazole rings is 1. The first-order valence-corrected chi connectivity index (χ1v) is 11.1. The number of hydrogen-bond acceptors (Lipinski definition) is 3. The van der Waals surface area contributed by atoms with Crippen LogP contribution in [0.15, 0.2) is 23.0 Å². The second kappa shape index (κ2) is 9.23. The van der Waals surface area contributed by atoms with Crippen molar-refractivity contribution in [2.45, 2.75) is 83.4 Å². The number of hydrogen-bond donors (Lipinski definition) is 1. The van der Waals surface area contributed by atoms with Crippen molar-refractivity contribution in [1.82, 2.24) is 14.5 Å². The summed E-state index contributed by atoms with van der Waals surface area (Å²) in [5, 5.41) is 0. The van der Waals surface area contributed by atoms with E-state index in [-0.39, 0.29) is 18.1 Å². The molecular weight excluding hydrogens is 386 g/mol. The quantitative estimate of drug-likeness (QED) is 0.752. The van der Waals surface area contributed by atoms with Gasteiger partial charge >= 0.3 is 5.69 Å². The summed E-state index contributed by atoms with van der Waals surface area (Å²) < 4.78 is 7.99. The number of ether oxygens (including phenoxy) is 1. The predicted molar refractivity (Wildman–Crippen MR) is 121 cm³/mol. The molecule has 1 aliphatic carbocycles. The van der Waals surface area contributed by atoms with Crippen molar-refractivity contribution in [2.24, 2.45) is 0 Å². The first kappa shape index (κ1) is 22.4. The standard InChI is InChI=1S/C23H35N3O2.ClH/c1-4-15-28-19-7-11-23(3,12-8-19)25-13-9-18(10-14-25)26-21-16-17(2)5-6-20(21)24-22(26)27;/h5-6,16,18-19H,4,7-15H2,1-3H3,(H,24,27);1H. The lowest BCUT2D eigenvalue weighted by molar-refractivity contribution is -0.0305. The Bertz CT molecular complexity index is 859. The SMILES string of the molecule is CCCOC1CCC(C)(N2CCC(n3c(=O)[nH]c4ccc(C)cc43)CC2)CC1.Cl. The third-order valence-electron chi connectivity index (χ3n) is 7.03. The molecule has 1 aromatic carbocycles. The van der Waals surface area contributed by atoms with E-state index in [0.717, 1.165) is 50.0 Å². The minimum atomic E-state index is 0. The number of rotatable bonds is 5. The third kappa shape index (κ3) is 4.57. The first-order valence-electron chi connectivity index (χ1n) is 11.1. The molecule has 2 fully saturated rings. The van der Waals surface area contributed by atoms with Crippen molar-refractivity contribution < 1.29 is 4.74 Å². The predicted octanol–water partition coefficient (Wildman–Crippen LogP) is 4.82. The molecule has 0 amide bonds. The Balaban J connectivity index is 0.00000240. The van der Waals surface area contributed by atoms with Gasteiger partial charge in [0.15, 0.2) is 0 Å². The van der Waals surface area contributed by atoms with Crippen LogP contribution < -0.4 is 5.69 Å². The molecule has 0 unspecified atom stereocenters. The molecule has 1 saturated heterocycles. The molecule has 6 heteroatoms. The minimum Gasteiger partial charge on any atom is -0.378 e. The van der Waals surface area contributed by atoms with Crippen LogP contribution in [0.25, 0.3) is 11.0 Å². The highest BCUT2D eigenvalue weighted by atomic mass is 35.5. The van der Waals surface area contributed by atoms with Gasteiger partial charge in [-0.2, -0.15) is 0 Å². The van der Waals surface area contributed by atoms with Crippen LogP contribution in [0.5, 0.6) is 0 Å². The Morgan fingerprint density at radius 2 is 1.86 bits per heavy atom. The van der Waals surface area contributed by atoms with E-state index in [1.54, 1.807) is 0 Å². The second-order valence-corrected chi connectivity index (χ2v) is 9.11. The molecule has 2 aliphatic rings. The lowest BCUT2D eigenvalue weighted by atomic mass is 9.79. The van der Waals surface area contributed by atoms with Gasteiger partial charge in [-0.15, -0.1) is 12.4 Å². The number of H-pyrrole nitrogens is 1. The molecule has 4 rings (SSSR count). The topological polar surface area (TPSA) is 50.3 Å². The van der Waals surface area contributed by atoms with Crippen LogP contribution in [-0.2, 0) is 4.74 Å². The van der Waals surface area contributed by atoms with Crippen molar-refractivity contribution in [3.63, 3.8) is 0 Å². The smallest absolute Gasteiger partial charge is 0.326 e. The number of aryl methyl sites for hydroxylation is 1. The molecule has 162 valence electrons. The molecule has 1 aromatic heterocycles. The Hall–Kier alpha value is -1.30. The molecule has 0 radical (unpaired) electrons. The highest BCUT2D eigenvalue weighted by molar-refractivity contribution is 5.85. The van der Waals surface area contributed by atoms with Gasteiger partial charge in [-0.3, -0.25) is 9.47 Å². The number of fused-ring (bicyclic) bond motifs is 1. The molecule has 1 saturated carbocycles. The van der Waals surface area contributed by atoms with Crippen LogP contribution in [0, 0.1) is 6.92 Å². The van der Waals surface area contributed by atoms with Crippen LogP contribution >= 0.6 is 12.4 Å². The van der Waals surface area contributed by atoms with Crippen molar-refractivity contribution in [3.8, 4) is 0 Å². The summed E-state index contributed by atoms with van der Waals surface area (Å²) in [5.41, 5.74) is 3.54. The molecule has 29 heavy (non-hydrogen) atoms. The molecule has 1 N–H and O–H groups in total. The molecule has 2 heterocycles. The first-order chi connectivity index (χ1) is 13.5. The van der Waals surface area contributed by atoms with E-state index < -0.39 is 0 Å². The van der Waals surface area contributed by atoms with Crippen molar-refractivity contribution in [2.75, 3.05) is 19.7 Å². The fourth-order valence-electron chi connectivity index (χ4n) is 5.24. The number of halogens is 1. The summed E-state index contributed by atoms with van der Waals surface area (Å²) in [6, 6.07) is 6.52. The average Bonchev–Trinajstić information content (AvgIpc) is 3.02. The van der Waals surface area contributed by atoms with E-state index >= 15 is 0 Å². The molecule has 2 aromatic rings. The fraction of sp³-hybridized carbons (Fsp3) is 0.696. The maximum Gasteiger partial charge on any atom is 0.326 e. The van der Waals surface area contributed by atoms with Crippen LogP contribution in [0.2, 0.25) is 0 Å². The summed E-state index contributed by atoms with van der Waals surface area (Å²) in [6.45, 7) is 9.75. The highest BCUT2D eigenvalue weighted by Crippen LogP contribution is 2.38. The molecule has 0 atom stereocenters. The summed E-state index contributed by atoms with van der Waals surface area (Å²) in [7, 11) is 0. The summed E-state index contributed by atoms with van der Waals surface area (Å²) in [6.07, 6.45) is 8.46. The maximum absolute atomic E-state index is 12.6. The van der Waals surface area contributed by atoms with Gasteiger partial charge in [0.2, 0.25) is 0 Å². The minimum absolute atomic E-state index is 0. The Labute approximate surface area is 180 Å². The molecular formula is C23H36ClN3O2. The van der Waals surface area contributed by atoms with Gasteiger partial charge in [0.25, 0.3) is 0 Å². The lowest BCUT2D eigenvalue weighted by Gasteiger charge is -2.48. The third-order valence-corrected chi connectivity index (χ3v) is 7.03. The van der Waals surface area contributed by atoms with E-state index in [1.165, 1.54) is 31.2 Å². The fourth-order valence-corrected chi connectivity index (χ4v) is 5.24. The molecule has 1 aliphatic heterocycles. The van der Waals surface area contributed by atoms with Crippen LogP contribution in [-0.4, -0.2) is 45.8 Å². The van der Waals surface area contributed by atoms with Crippen LogP contribution in [0.4, 0.5) is 0 Å². The second-order valence-electron chi connectivity index (χ2n) is 9.11. The van der Waals surface area contributed by atoms with Crippen molar-refractivity contribution in [3.05, 3.63) is 34.2 Å². The Morgan fingerprint density at radius 1 is 1.17 bits per heavy atom. The zero-order valence-corrected chi connectivity index (χ0v) is 18.9. The number of aromatic nitrogens is 2. The van der Waals surface area contributed by atoms with Crippen LogP contribution in [0.1, 0.15) is 70.4 Å². The number of benzene rings is 1. The van der Waals surface area contributed by atoms with E-state index in [4.69, 9.17) is 4.74 Å². The van der Waals surface area contributed by atoms with Gasteiger partial charge in [-0.25, -0.2) is 4.79 Å². The summed E-state index contributed by atoms with van der Waals surface area (Å²) >= 11 is 0. The largest absolute Gasteiger partial charge is 0.378 e. The monoisotopic (exact) mass is 421 g/mol. The summed E-state index contributed by atoms with van der Waals surface area (Å²) in [5.74, 6) is 0. The highest BCUT2D eigenvalue weighted by Gasteiger charge is 2.38. The number of piperidine rings is 1. The number of likely N-dealkylation sites (tertiary alicyclic amines) is 1. The van der Waals surface area contributed by atoms with E-state index in [2.05, 4.69) is 42.8 Å². The van der Waals surface area contributed by atoms with Crippen LogP contribution in [0.3, 0.4) is 0 Å². The van der Waals surface area contributed by atoms with Gasteiger partial charge in [-0.1, -0.05) is 13.0 Å². The number of nitrogens with one attached hydrogen (secondary N) is 1. The normalized spacial score (nSPS) is 26.5. The van der Waals surface area contributed by atoms with Gasteiger partial charge < -0.3 is 9.72 Å². The van der Waals surface area contributed by atoms with E-state index in [0.29, 0.717) is 17.7 Å². The number of nitrogens with zero attached hydrogens (tertiary/aromatic N) is 2. The van der Waals surface area contributed by atoms with Crippen molar-refractivity contribution in [1.29, 1.82) is 0 Å². The maximum atomic E-state index is 12.6. The van der Waals surface area contributed by atoms with Gasteiger partial charge in [0, 0.05) is 31.3 Å². The van der Waals surface area contributed by atoms with Crippen molar-refractivity contribution >= 4 is 23.4 Å². The molecule has 5 nitrogen and oxygen atoms in total. The Morgan fingerprint density at radius 3 is 2.52 bits per heavy atom. The van der Waals surface area contributed by atoms with Gasteiger partial charge in [0.1, 0.15) is 0 Å². The molecule has 0 spiro atoms. The lowest BCUT2D eigenvalue weighted by Crippen LogP contribution is -2.53. The summed E-state index contributed by atoms with van der Waals surface area (Å²) in [4.78, 5) is 18.3.